The van der Waals surface area contributed by atoms with E-state index in [1.165, 1.54) is 16.7 Å². The maximum Gasteiger partial charge on any atom is 0.250 e. The average molecular weight is 484 g/mol. The number of rotatable bonds is 5. The molecule has 2 aromatic rings. The summed E-state index contributed by atoms with van der Waals surface area (Å²) < 4.78 is 13.0. The normalized spacial score (nSPS) is 17.5. The summed E-state index contributed by atoms with van der Waals surface area (Å²) in [6, 6.07) is 13.1. The maximum atomic E-state index is 6.55. The van der Waals surface area contributed by atoms with E-state index >= 15 is 0 Å². The van der Waals surface area contributed by atoms with Gasteiger partial charge in [-0.2, -0.15) is 0 Å². The van der Waals surface area contributed by atoms with Gasteiger partial charge in [0.1, 0.15) is 11.5 Å². The Kier molecular flexibility index (Phi) is 6.91. The Morgan fingerprint density at radius 1 is 0.758 bits per heavy atom. The Balaban J connectivity index is 1.75. The lowest BCUT2D eigenvalue weighted by molar-refractivity contribution is 0.489. The zero-order valence-electron chi connectivity index (χ0n) is 22.6. The van der Waals surface area contributed by atoms with Crippen molar-refractivity contribution in [3.63, 3.8) is 0 Å². The summed E-state index contributed by atoms with van der Waals surface area (Å²) in [6.07, 6.45) is 3.21. The first kappa shape index (κ1) is 25.9. The number of benzene rings is 2. The first-order valence-corrected chi connectivity index (χ1v) is 18.2. The smallest absolute Gasteiger partial charge is 0.250 e. The van der Waals surface area contributed by atoms with Gasteiger partial charge in [-0.05, 0) is 96.3 Å². The van der Waals surface area contributed by atoms with E-state index in [1.807, 2.05) is 6.07 Å². The summed E-state index contributed by atoms with van der Waals surface area (Å²) in [4.78, 5) is 0. The number of anilines is 1. The molecule has 33 heavy (non-hydrogen) atoms. The lowest BCUT2D eigenvalue weighted by Gasteiger charge is -2.37. The quantitative estimate of drug-likeness (QED) is 0.343. The molecule has 0 heterocycles. The molecule has 1 atom stereocenters. The van der Waals surface area contributed by atoms with Crippen molar-refractivity contribution in [2.75, 3.05) is 5.73 Å². The van der Waals surface area contributed by atoms with Gasteiger partial charge in [0.15, 0.2) is 0 Å². The molecule has 3 rings (SSSR count). The summed E-state index contributed by atoms with van der Waals surface area (Å²) in [5.74, 6) is 2.39. The van der Waals surface area contributed by atoms with E-state index in [0.717, 1.165) is 36.4 Å². The van der Waals surface area contributed by atoms with Crippen LogP contribution in [0.3, 0.4) is 0 Å². The number of nitrogen functional groups attached to an aromatic ring is 1. The van der Waals surface area contributed by atoms with Crippen molar-refractivity contribution in [2.24, 2.45) is 0 Å². The summed E-state index contributed by atoms with van der Waals surface area (Å²) in [7, 11) is -3.70. The van der Waals surface area contributed by atoms with Crippen LogP contribution < -0.4 is 14.6 Å². The molecule has 0 saturated heterocycles. The summed E-state index contributed by atoms with van der Waals surface area (Å²) in [5.41, 5.74) is 11.5. The number of aryl methyl sites for hydroxylation is 1. The Morgan fingerprint density at radius 3 is 1.79 bits per heavy atom. The van der Waals surface area contributed by atoms with Crippen molar-refractivity contribution in [3.8, 4) is 11.5 Å². The monoisotopic (exact) mass is 483 g/mol. The van der Waals surface area contributed by atoms with E-state index in [0.29, 0.717) is 5.92 Å². The average Bonchev–Trinajstić information content (AvgIpc) is 2.65. The highest BCUT2D eigenvalue weighted by molar-refractivity contribution is 6.75. The fraction of sp³-hybridized carbons (Fsp3) is 0.571. The van der Waals surface area contributed by atoms with Gasteiger partial charge in [-0.3, -0.25) is 0 Å². The molecule has 0 aliphatic heterocycles. The Labute approximate surface area is 204 Å². The molecule has 0 fully saturated rings. The SMILES string of the molecule is CC(C)(C)[Si](C)(C)Oc1ccc(C2CCc3cc(O[Si](C)(C)C(C)(C)C)ccc3C2)c(N)c1. The van der Waals surface area contributed by atoms with E-state index in [4.69, 9.17) is 14.6 Å². The second-order valence-corrected chi connectivity index (χ2v) is 22.3. The van der Waals surface area contributed by atoms with Gasteiger partial charge in [0.2, 0.25) is 16.6 Å². The molecule has 5 heteroatoms. The Bertz CT molecular complexity index is 1000. The number of nitrogens with two attached hydrogens (primary N) is 1. The zero-order chi connectivity index (χ0) is 24.8. The Hall–Kier alpha value is -1.73. The van der Waals surface area contributed by atoms with Crippen LogP contribution in [-0.4, -0.2) is 16.6 Å². The highest BCUT2D eigenvalue weighted by atomic mass is 28.4. The van der Waals surface area contributed by atoms with Gasteiger partial charge >= 0.3 is 0 Å². The van der Waals surface area contributed by atoms with Crippen molar-refractivity contribution in [1.82, 2.24) is 0 Å². The molecule has 1 aliphatic rings. The summed E-state index contributed by atoms with van der Waals surface area (Å²) >= 11 is 0. The van der Waals surface area contributed by atoms with Crippen LogP contribution in [0.1, 0.15) is 70.6 Å². The van der Waals surface area contributed by atoms with E-state index < -0.39 is 16.6 Å². The molecular formula is C28H45NO2Si2. The predicted octanol–water partition coefficient (Wildman–Crippen LogP) is 8.31. The molecular weight excluding hydrogens is 438 g/mol. The number of fused-ring (bicyclic) bond motifs is 1. The van der Waals surface area contributed by atoms with Gasteiger partial charge in [0.25, 0.3) is 0 Å². The standard InChI is InChI=1S/C28H45NO2Si2/c1-27(2,3)32(7,8)30-23-14-13-20-17-22(12-11-21(20)18-23)25-16-15-24(19-26(25)29)31-33(9,10)28(4,5)6/h13-16,18-19,22H,11-12,17,29H2,1-10H3. The molecule has 0 amide bonds. The largest absolute Gasteiger partial charge is 0.543 e. The first-order valence-electron chi connectivity index (χ1n) is 12.4. The van der Waals surface area contributed by atoms with E-state index in [2.05, 4.69) is 98.1 Å². The van der Waals surface area contributed by atoms with Gasteiger partial charge < -0.3 is 14.6 Å². The maximum absolute atomic E-state index is 6.55. The molecule has 0 spiro atoms. The van der Waals surface area contributed by atoms with Gasteiger partial charge in [-0.1, -0.05) is 53.7 Å². The second-order valence-electron chi connectivity index (χ2n) is 12.9. The summed E-state index contributed by atoms with van der Waals surface area (Å²) in [5, 5.41) is 0.368. The number of hydrogen-bond donors (Lipinski definition) is 1. The molecule has 0 saturated carbocycles. The first-order chi connectivity index (χ1) is 15.0. The minimum absolute atomic E-state index is 0.167. The van der Waals surface area contributed by atoms with Gasteiger partial charge in [-0.25, -0.2) is 0 Å². The third-order valence-electron chi connectivity index (χ3n) is 8.26. The van der Waals surface area contributed by atoms with Crippen LogP contribution in [0.5, 0.6) is 11.5 Å². The van der Waals surface area contributed by atoms with E-state index in [1.54, 1.807) is 0 Å². The van der Waals surface area contributed by atoms with Crippen molar-refractivity contribution in [1.29, 1.82) is 0 Å². The fourth-order valence-corrected chi connectivity index (χ4v) is 5.99. The lowest BCUT2D eigenvalue weighted by Crippen LogP contribution is -2.43. The van der Waals surface area contributed by atoms with Crippen LogP contribution in [0.25, 0.3) is 0 Å². The lowest BCUT2D eigenvalue weighted by atomic mass is 9.79. The summed E-state index contributed by atoms with van der Waals surface area (Å²) in [6.45, 7) is 22.8. The Morgan fingerprint density at radius 2 is 1.27 bits per heavy atom. The fourth-order valence-electron chi connectivity index (χ4n) is 3.94. The van der Waals surface area contributed by atoms with Crippen molar-refractivity contribution in [2.45, 2.75) is 103 Å². The molecule has 1 aliphatic carbocycles. The molecule has 2 N–H and O–H groups in total. The van der Waals surface area contributed by atoms with Crippen molar-refractivity contribution < 1.29 is 8.85 Å². The minimum atomic E-state index is -1.87. The third-order valence-corrected chi connectivity index (χ3v) is 17.0. The van der Waals surface area contributed by atoms with Gasteiger partial charge in [-0.15, -0.1) is 0 Å². The van der Waals surface area contributed by atoms with Gasteiger partial charge in [0.05, 0.1) is 0 Å². The minimum Gasteiger partial charge on any atom is -0.543 e. The molecule has 2 aromatic carbocycles. The number of hydrogen-bond acceptors (Lipinski definition) is 3. The van der Waals surface area contributed by atoms with Crippen LogP contribution in [0.15, 0.2) is 36.4 Å². The molecule has 1 unspecified atom stereocenters. The zero-order valence-corrected chi connectivity index (χ0v) is 24.6. The van der Waals surface area contributed by atoms with Crippen LogP contribution in [0.4, 0.5) is 5.69 Å². The van der Waals surface area contributed by atoms with Gasteiger partial charge in [0, 0.05) is 11.8 Å². The van der Waals surface area contributed by atoms with Crippen molar-refractivity contribution in [3.05, 3.63) is 53.1 Å². The topological polar surface area (TPSA) is 44.5 Å². The molecule has 182 valence electrons. The van der Waals surface area contributed by atoms with Crippen LogP contribution in [0, 0.1) is 0 Å². The second kappa shape index (κ2) is 8.81. The van der Waals surface area contributed by atoms with Crippen LogP contribution in [-0.2, 0) is 12.8 Å². The van der Waals surface area contributed by atoms with Crippen LogP contribution in [0.2, 0.25) is 36.3 Å². The molecule has 3 nitrogen and oxygen atoms in total. The highest BCUT2D eigenvalue weighted by Gasteiger charge is 2.40. The molecule has 0 radical (unpaired) electrons. The molecule has 0 aromatic heterocycles. The highest BCUT2D eigenvalue weighted by Crippen LogP contribution is 2.42. The van der Waals surface area contributed by atoms with E-state index in [9.17, 15) is 0 Å². The van der Waals surface area contributed by atoms with Crippen LogP contribution >= 0.6 is 0 Å². The van der Waals surface area contributed by atoms with E-state index in [-0.39, 0.29) is 10.1 Å². The molecule has 0 bridgehead atoms. The predicted molar refractivity (Wildman–Crippen MR) is 148 cm³/mol. The van der Waals surface area contributed by atoms with Crippen molar-refractivity contribution >= 4 is 22.3 Å². The third kappa shape index (κ3) is 5.68.